The number of nitrogens with zero attached hydrogens (tertiary/aromatic N) is 2. The van der Waals surface area contributed by atoms with Gasteiger partial charge in [0.15, 0.2) is 0 Å². The lowest BCUT2D eigenvalue weighted by Gasteiger charge is -2.10. The van der Waals surface area contributed by atoms with Gasteiger partial charge in [0.1, 0.15) is 0 Å². The van der Waals surface area contributed by atoms with Crippen molar-refractivity contribution in [3.63, 3.8) is 0 Å². The second-order valence-corrected chi connectivity index (χ2v) is 4.25. The summed E-state index contributed by atoms with van der Waals surface area (Å²) < 4.78 is 1.71. The monoisotopic (exact) mass is 230 g/mol. The third kappa shape index (κ3) is 1.89. The van der Waals surface area contributed by atoms with E-state index in [1.807, 2.05) is 24.4 Å². The maximum atomic E-state index is 12.1. The Hall–Kier alpha value is -1.88. The third-order valence-corrected chi connectivity index (χ3v) is 3.07. The van der Waals surface area contributed by atoms with E-state index in [0.29, 0.717) is 5.56 Å². The van der Waals surface area contributed by atoms with Gasteiger partial charge in [-0.15, -0.1) is 0 Å². The minimum Gasteiger partial charge on any atom is -0.348 e. The molecule has 1 amide bonds. The van der Waals surface area contributed by atoms with Gasteiger partial charge in [0.05, 0.1) is 17.3 Å². The fraction of sp³-hybridized carbons (Fsp3) is 0.333. The number of amides is 1. The SMILES string of the molecule is O=C(N[C@H]1CCNC1)c1cnn2ccccc12. The summed E-state index contributed by atoms with van der Waals surface area (Å²) in [7, 11) is 0. The van der Waals surface area contributed by atoms with E-state index in [-0.39, 0.29) is 11.9 Å². The molecule has 0 radical (unpaired) electrons. The Kier molecular flexibility index (Phi) is 2.53. The zero-order valence-electron chi connectivity index (χ0n) is 9.39. The molecule has 3 rings (SSSR count). The molecule has 2 aromatic rings. The van der Waals surface area contributed by atoms with Crippen LogP contribution >= 0.6 is 0 Å². The summed E-state index contributed by atoms with van der Waals surface area (Å²) in [6.45, 7) is 1.82. The van der Waals surface area contributed by atoms with Crippen LogP contribution in [0.25, 0.3) is 5.52 Å². The number of aromatic nitrogens is 2. The largest absolute Gasteiger partial charge is 0.348 e. The van der Waals surface area contributed by atoms with Gasteiger partial charge in [0, 0.05) is 18.8 Å². The topological polar surface area (TPSA) is 58.4 Å². The van der Waals surface area contributed by atoms with Crippen LogP contribution in [0.1, 0.15) is 16.8 Å². The van der Waals surface area contributed by atoms with Crippen LogP contribution in [-0.2, 0) is 0 Å². The number of hydrogen-bond acceptors (Lipinski definition) is 3. The van der Waals surface area contributed by atoms with Crippen LogP contribution in [-0.4, -0.2) is 34.7 Å². The van der Waals surface area contributed by atoms with Gasteiger partial charge in [-0.2, -0.15) is 5.10 Å². The average Bonchev–Trinajstić information content (AvgIpc) is 2.96. The number of rotatable bonds is 2. The average molecular weight is 230 g/mol. The summed E-state index contributed by atoms with van der Waals surface area (Å²) in [5.41, 5.74) is 1.48. The number of fused-ring (bicyclic) bond motifs is 1. The summed E-state index contributed by atoms with van der Waals surface area (Å²) in [6.07, 6.45) is 4.45. The maximum Gasteiger partial charge on any atom is 0.255 e. The van der Waals surface area contributed by atoms with Crippen molar-refractivity contribution in [1.29, 1.82) is 0 Å². The van der Waals surface area contributed by atoms with Gasteiger partial charge in [0.25, 0.3) is 5.91 Å². The van der Waals surface area contributed by atoms with E-state index in [4.69, 9.17) is 0 Å². The molecule has 0 aromatic carbocycles. The van der Waals surface area contributed by atoms with Crippen LogP contribution in [0.5, 0.6) is 0 Å². The minimum absolute atomic E-state index is 0.0418. The third-order valence-electron chi connectivity index (χ3n) is 3.07. The van der Waals surface area contributed by atoms with E-state index < -0.39 is 0 Å². The smallest absolute Gasteiger partial charge is 0.255 e. The zero-order valence-corrected chi connectivity index (χ0v) is 9.39. The van der Waals surface area contributed by atoms with Gasteiger partial charge >= 0.3 is 0 Å². The zero-order chi connectivity index (χ0) is 11.7. The molecule has 0 spiro atoms. The second kappa shape index (κ2) is 4.18. The first-order valence-corrected chi connectivity index (χ1v) is 5.78. The molecule has 1 saturated heterocycles. The van der Waals surface area contributed by atoms with Crippen LogP contribution in [0.2, 0.25) is 0 Å². The molecule has 0 aliphatic carbocycles. The maximum absolute atomic E-state index is 12.1. The van der Waals surface area contributed by atoms with Crippen molar-refractivity contribution in [1.82, 2.24) is 20.2 Å². The molecule has 1 atom stereocenters. The van der Waals surface area contributed by atoms with Crippen molar-refractivity contribution in [2.45, 2.75) is 12.5 Å². The van der Waals surface area contributed by atoms with Crippen LogP contribution in [0.4, 0.5) is 0 Å². The lowest BCUT2D eigenvalue weighted by Crippen LogP contribution is -2.36. The molecule has 1 aliphatic rings. The Morgan fingerprint density at radius 2 is 2.47 bits per heavy atom. The van der Waals surface area contributed by atoms with Crippen molar-refractivity contribution in [2.75, 3.05) is 13.1 Å². The van der Waals surface area contributed by atoms with Crippen molar-refractivity contribution in [3.05, 3.63) is 36.2 Å². The van der Waals surface area contributed by atoms with E-state index in [1.165, 1.54) is 0 Å². The Bertz CT molecular complexity index is 542. The molecule has 2 aromatic heterocycles. The Morgan fingerprint density at radius 1 is 1.53 bits per heavy atom. The highest BCUT2D eigenvalue weighted by atomic mass is 16.1. The normalized spacial score (nSPS) is 19.6. The van der Waals surface area contributed by atoms with Crippen LogP contribution in [0, 0.1) is 0 Å². The number of nitrogens with one attached hydrogen (secondary N) is 2. The molecule has 3 heterocycles. The number of carbonyl (C=O) groups is 1. The van der Waals surface area contributed by atoms with E-state index >= 15 is 0 Å². The molecular weight excluding hydrogens is 216 g/mol. The molecule has 5 nitrogen and oxygen atoms in total. The summed E-state index contributed by atoms with van der Waals surface area (Å²) >= 11 is 0. The highest BCUT2D eigenvalue weighted by molar-refractivity contribution is 6.00. The first-order valence-electron chi connectivity index (χ1n) is 5.78. The van der Waals surface area contributed by atoms with Crippen LogP contribution in [0.3, 0.4) is 0 Å². The van der Waals surface area contributed by atoms with Gasteiger partial charge < -0.3 is 10.6 Å². The molecule has 17 heavy (non-hydrogen) atoms. The van der Waals surface area contributed by atoms with Gasteiger partial charge in [0.2, 0.25) is 0 Å². The highest BCUT2D eigenvalue weighted by Crippen LogP contribution is 2.10. The molecular formula is C12H14N4O. The molecule has 1 aliphatic heterocycles. The number of carbonyl (C=O) groups excluding carboxylic acids is 1. The summed E-state index contributed by atoms with van der Waals surface area (Å²) in [5.74, 6) is -0.0418. The Labute approximate surface area is 98.8 Å². The van der Waals surface area contributed by atoms with E-state index in [2.05, 4.69) is 15.7 Å². The van der Waals surface area contributed by atoms with E-state index in [1.54, 1.807) is 10.7 Å². The minimum atomic E-state index is -0.0418. The fourth-order valence-corrected chi connectivity index (χ4v) is 2.15. The second-order valence-electron chi connectivity index (χ2n) is 4.25. The Morgan fingerprint density at radius 3 is 3.29 bits per heavy atom. The predicted molar refractivity (Wildman–Crippen MR) is 63.9 cm³/mol. The molecule has 1 fully saturated rings. The van der Waals surface area contributed by atoms with E-state index in [0.717, 1.165) is 25.0 Å². The molecule has 0 unspecified atom stereocenters. The molecule has 2 N–H and O–H groups in total. The van der Waals surface area contributed by atoms with Crippen molar-refractivity contribution >= 4 is 11.4 Å². The number of pyridine rings is 1. The van der Waals surface area contributed by atoms with Crippen molar-refractivity contribution < 1.29 is 4.79 Å². The standard InChI is InChI=1S/C12H14N4O/c17-12(15-9-4-5-13-7-9)10-8-14-16-6-2-1-3-11(10)16/h1-3,6,8-9,13H,4-5,7H2,(H,15,17)/t9-/m0/s1. The Balaban J connectivity index is 1.85. The van der Waals surface area contributed by atoms with Crippen molar-refractivity contribution in [2.24, 2.45) is 0 Å². The summed E-state index contributed by atoms with van der Waals surface area (Å²) in [4.78, 5) is 12.1. The van der Waals surface area contributed by atoms with Gasteiger partial charge in [-0.3, -0.25) is 4.79 Å². The molecule has 0 saturated carbocycles. The number of hydrogen-bond donors (Lipinski definition) is 2. The van der Waals surface area contributed by atoms with Crippen molar-refractivity contribution in [3.8, 4) is 0 Å². The predicted octanol–water partition coefficient (Wildman–Crippen LogP) is 0.426. The molecule has 0 bridgehead atoms. The lowest BCUT2D eigenvalue weighted by molar-refractivity contribution is 0.0941. The molecule has 5 heteroatoms. The van der Waals surface area contributed by atoms with Crippen LogP contribution < -0.4 is 10.6 Å². The van der Waals surface area contributed by atoms with Gasteiger partial charge in [-0.1, -0.05) is 6.07 Å². The van der Waals surface area contributed by atoms with Gasteiger partial charge in [-0.25, -0.2) is 4.52 Å². The summed E-state index contributed by atoms with van der Waals surface area (Å²) in [6, 6.07) is 5.93. The first kappa shape index (κ1) is 10.3. The molecule has 88 valence electrons. The summed E-state index contributed by atoms with van der Waals surface area (Å²) in [5, 5.41) is 10.4. The first-order chi connectivity index (χ1) is 8.34. The quantitative estimate of drug-likeness (QED) is 0.786. The van der Waals surface area contributed by atoms with E-state index in [9.17, 15) is 4.79 Å². The fourth-order valence-electron chi connectivity index (χ4n) is 2.15. The van der Waals surface area contributed by atoms with Crippen LogP contribution in [0.15, 0.2) is 30.6 Å². The van der Waals surface area contributed by atoms with Gasteiger partial charge in [-0.05, 0) is 25.1 Å². The lowest BCUT2D eigenvalue weighted by atomic mass is 10.2. The highest BCUT2D eigenvalue weighted by Gasteiger charge is 2.19.